The molecule has 2 aromatic carbocycles. The minimum atomic E-state index is -1.01. The van der Waals surface area contributed by atoms with Crippen molar-refractivity contribution in [2.75, 3.05) is 26.7 Å². The van der Waals surface area contributed by atoms with E-state index in [1.165, 1.54) is 15.7 Å². The summed E-state index contributed by atoms with van der Waals surface area (Å²) in [5.74, 6) is 1.21. The van der Waals surface area contributed by atoms with Crippen LogP contribution in [0.1, 0.15) is 29.0 Å². The van der Waals surface area contributed by atoms with Crippen LogP contribution in [-0.4, -0.2) is 36.2 Å². The van der Waals surface area contributed by atoms with Gasteiger partial charge < -0.3 is 13.7 Å². The lowest BCUT2D eigenvalue weighted by Crippen LogP contribution is -2.32. The van der Waals surface area contributed by atoms with Crippen molar-refractivity contribution in [2.24, 2.45) is 0 Å². The number of benzene rings is 2. The van der Waals surface area contributed by atoms with Gasteiger partial charge in [0.15, 0.2) is 0 Å². The van der Waals surface area contributed by atoms with Crippen LogP contribution in [0.5, 0.6) is 5.75 Å². The number of para-hydroxylation sites is 1. The predicted octanol–water partition coefficient (Wildman–Crippen LogP) is 3.91. The fourth-order valence-electron chi connectivity index (χ4n) is 4.95. The number of fused-ring (bicyclic) bond motifs is 4. The van der Waals surface area contributed by atoms with E-state index in [1.807, 2.05) is 30.3 Å². The van der Waals surface area contributed by atoms with Crippen LogP contribution in [0.25, 0.3) is 28.3 Å². The van der Waals surface area contributed by atoms with Gasteiger partial charge in [-0.25, -0.2) is 9.59 Å². The molecular formula is C26H22N2O5. The summed E-state index contributed by atoms with van der Waals surface area (Å²) in [4.78, 5) is 26.1. The van der Waals surface area contributed by atoms with Gasteiger partial charge in [0.25, 0.3) is 0 Å². The van der Waals surface area contributed by atoms with Gasteiger partial charge in [0, 0.05) is 30.9 Å². The molecule has 1 aliphatic carbocycles. The Bertz CT molecular complexity index is 1570. The smallest absolute Gasteiger partial charge is 0.442 e. The molecule has 166 valence electrons. The maximum Gasteiger partial charge on any atom is 0.442 e. The van der Waals surface area contributed by atoms with E-state index in [2.05, 4.69) is 35.3 Å². The average Bonchev–Trinajstić information content (AvgIpc) is 3.38. The highest BCUT2D eigenvalue weighted by Crippen LogP contribution is 2.36. The lowest BCUT2D eigenvalue weighted by molar-refractivity contribution is 0.285. The molecule has 1 aliphatic heterocycles. The van der Waals surface area contributed by atoms with Gasteiger partial charge in [-0.1, -0.05) is 42.5 Å². The van der Waals surface area contributed by atoms with E-state index in [0.717, 1.165) is 48.3 Å². The second-order valence-electron chi connectivity index (χ2n) is 8.46. The summed E-state index contributed by atoms with van der Waals surface area (Å²) < 4.78 is 17.4. The van der Waals surface area contributed by atoms with E-state index in [9.17, 15) is 9.59 Å². The van der Waals surface area contributed by atoms with Gasteiger partial charge in [-0.15, -0.1) is 4.57 Å². The van der Waals surface area contributed by atoms with Gasteiger partial charge in [-0.05, 0) is 41.3 Å². The third-order valence-corrected chi connectivity index (χ3v) is 6.59. The fraction of sp³-hybridized carbons (Fsp3) is 0.231. The monoisotopic (exact) mass is 442 g/mol. The van der Waals surface area contributed by atoms with E-state index in [4.69, 9.17) is 13.7 Å². The van der Waals surface area contributed by atoms with Crippen molar-refractivity contribution in [3.63, 3.8) is 0 Å². The Morgan fingerprint density at radius 2 is 2.00 bits per heavy atom. The first kappa shape index (κ1) is 19.8. The van der Waals surface area contributed by atoms with Crippen LogP contribution >= 0.6 is 0 Å². The van der Waals surface area contributed by atoms with Crippen LogP contribution in [0, 0.1) is 0 Å². The third-order valence-electron chi connectivity index (χ3n) is 6.59. The molecular weight excluding hydrogens is 420 g/mol. The quantitative estimate of drug-likeness (QED) is 0.446. The number of nitrogens with zero attached hydrogens (tertiary/aromatic N) is 2. The molecule has 0 fully saturated rings. The van der Waals surface area contributed by atoms with Crippen molar-refractivity contribution in [3.8, 4) is 5.75 Å². The molecule has 33 heavy (non-hydrogen) atoms. The highest BCUT2D eigenvalue weighted by Gasteiger charge is 2.25. The van der Waals surface area contributed by atoms with Gasteiger partial charge in [-0.2, -0.15) is 0 Å². The van der Waals surface area contributed by atoms with Crippen molar-refractivity contribution in [2.45, 2.75) is 12.3 Å². The zero-order valence-electron chi connectivity index (χ0n) is 18.1. The van der Waals surface area contributed by atoms with Crippen molar-refractivity contribution < 1.29 is 13.7 Å². The van der Waals surface area contributed by atoms with Crippen LogP contribution in [0.3, 0.4) is 0 Å². The largest absolute Gasteiger partial charge is 0.497 e. The molecule has 1 unspecified atom stereocenters. The molecule has 0 radical (unpaired) electrons. The summed E-state index contributed by atoms with van der Waals surface area (Å²) in [5, 5.41) is 0.898. The maximum absolute atomic E-state index is 11.9. The first-order valence-corrected chi connectivity index (χ1v) is 11.0. The summed E-state index contributed by atoms with van der Waals surface area (Å²) >= 11 is 0. The minimum Gasteiger partial charge on any atom is -0.497 e. The van der Waals surface area contributed by atoms with E-state index in [0.29, 0.717) is 11.4 Å². The third kappa shape index (κ3) is 3.24. The summed E-state index contributed by atoms with van der Waals surface area (Å²) in [5.41, 5.74) is 3.43. The van der Waals surface area contributed by atoms with Crippen LogP contribution < -0.4 is 16.0 Å². The maximum atomic E-state index is 11.9. The Labute approximate surface area is 188 Å². The molecule has 3 heterocycles. The second kappa shape index (κ2) is 7.64. The first-order chi connectivity index (χ1) is 16.1. The molecule has 0 amide bonds. The first-order valence-electron chi connectivity index (χ1n) is 11.0. The lowest BCUT2D eigenvalue weighted by atomic mass is 9.96. The predicted molar refractivity (Wildman–Crippen MR) is 126 cm³/mol. The summed E-state index contributed by atoms with van der Waals surface area (Å²) in [6, 6.07) is 13.8. The number of rotatable bonds is 4. The average molecular weight is 442 g/mol. The SMILES string of the molecule is COc1ccc2c(c1)C(CN1CC=C(c3c4ccccc4n4oc(=O)c(=O)oc34)CC1)C=C2. The second-order valence-corrected chi connectivity index (χ2v) is 8.46. The van der Waals surface area contributed by atoms with E-state index in [1.54, 1.807) is 7.11 Å². The Kier molecular flexibility index (Phi) is 4.58. The summed E-state index contributed by atoms with van der Waals surface area (Å²) in [6.45, 7) is 2.58. The summed E-state index contributed by atoms with van der Waals surface area (Å²) in [6.07, 6.45) is 7.42. The summed E-state index contributed by atoms with van der Waals surface area (Å²) in [7, 11) is 1.69. The van der Waals surface area contributed by atoms with Gasteiger partial charge >= 0.3 is 11.3 Å². The molecule has 2 aromatic heterocycles. The Balaban J connectivity index is 1.31. The van der Waals surface area contributed by atoms with Crippen molar-refractivity contribution in [1.29, 1.82) is 0 Å². The van der Waals surface area contributed by atoms with Crippen molar-refractivity contribution in [3.05, 3.63) is 92.1 Å². The highest BCUT2D eigenvalue weighted by atomic mass is 16.5. The minimum absolute atomic E-state index is 0.278. The number of hydrogen-bond donors (Lipinski definition) is 0. The fourth-order valence-corrected chi connectivity index (χ4v) is 4.95. The highest BCUT2D eigenvalue weighted by molar-refractivity contribution is 5.99. The Morgan fingerprint density at radius 1 is 1.12 bits per heavy atom. The molecule has 0 spiro atoms. The van der Waals surface area contributed by atoms with Gasteiger partial charge in [0.05, 0.1) is 18.2 Å². The molecule has 1 atom stereocenters. The van der Waals surface area contributed by atoms with E-state index >= 15 is 0 Å². The van der Waals surface area contributed by atoms with Crippen molar-refractivity contribution >= 4 is 28.3 Å². The zero-order valence-corrected chi connectivity index (χ0v) is 18.1. The van der Waals surface area contributed by atoms with Crippen molar-refractivity contribution in [1.82, 2.24) is 9.47 Å². The number of methoxy groups -OCH3 is 1. The molecule has 7 heteroatoms. The normalized spacial score (nSPS) is 18.1. The number of aromatic nitrogens is 1. The lowest BCUT2D eigenvalue weighted by Gasteiger charge is -2.28. The Morgan fingerprint density at radius 3 is 2.82 bits per heavy atom. The van der Waals surface area contributed by atoms with Gasteiger partial charge in [0.1, 0.15) is 5.75 Å². The molecule has 0 saturated carbocycles. The molecule has 2 aliphatic rings. The van der Waals surface area contributed by atoms with E-state index < -0.39 is 11.3 Å². The number of ether oxygens (including phenoxy) is 1. The molecule has 0 bridgehead atoms. The van der Waals surface area contributed by atoms with Crippen LogP contribution in [0.4, 0.5) is 0 Å². The molecule has 6 rings (SSSR count). The standard InChI is InChI=1S/C26H22N2O5/c1-31-19-9-8-16-6-7-18(21(16)14-19)15-27-12-10-17(11-13-27)23-20-4-2-3-5-22(20)28-24(23)32-25(29)26(30)33-28/h2-10,14,18H,11-13,15H2,1H3. The Hall–Kier alpha value is -3.84. The molecule has 0 N–H and O–H groups in total. The van der Waals surface area contributed by atoms with Gasteiger partial charge in [0.2, 0.25) is 5.71 Å². The van der Waals surface area contributed by atoms with Gasteiger partial charge in [-0.3, -0.25) is 4.90 Å². The molecule has 7 nitrogen and oxygen atoms in total. The van der Waals surface area contributed by atoms with E-state index in [-0.39, 0.29) is 5.71 Å². The molecule has 4 aromatic rings. The topological polar surface area (TPSA) is 77.3 Å². The molecule has 0 saturated heterocycles. The van der Waals surface area contributed by atoms with Crippen LogP contribution in [0.15, 0.2) is 73.1 Å². The zero-order chi connectivity index (χ0) is 22.5. The van der Waals surface area contributed by atoms with Crippen LogP contribution in [-0.2, 0) is 0 Å². The van der Waals surface area contributed by atoms with Crippen LogP contribution in [0.2, 0.25) is 0 Å². The number of hydrogen-bond acceptors (Lipinski definition) is 6.